The molecular weight excluding hydrogens is 346 g/mol. The number of aryl methyl sites for hydroxylation is 1. The van der Waals surface area contributed by atoms with E-state index in [1.807, 2.05) is 25.1 Å². The second kappa shape index (κ2) is 9.25. The molecule has 0 bridgehead atoms. The number of amides is 2. The van der Waals surface area contributed by atoms with Crippen molar-refractivity contribution in [1.29, 1.82) is 5.26 Å². The summed E-state index contributed by atoms with van der Waals surface area (Å²) < 4.78 is 10.6. The van der Waals surface area contributed by atoms with Crippen molar-refractivity contribution in [2.24, 2.45) is 0 Å². The van der Waals surface area contributed by atoms with Gasteiger partial charge in [0.15, 0.2) is 18.1 Å². The normalized spacial score (nSPS) is 9.85. The average Bonchev–Trinajstić information content (AvgIpc) is 2.67. The molecule has 0 spiro atoms. The van der Waals surface area contributed by atoms with Crippen LogP contribution in [0.2, 0.25) is 0 Å². The Labute approximate surface area is 158 Å². The van der Waals surface area contributed by atoms with Crippen LogP contribution in [0.15, 0.2) is 42.5 Å². The van der Waals surface area contributed by atoms with Gasteiger partial charge in [-0.1, -0.05) is 17.7 Å². The van der Waals surface area contributed by atoms with Gasteiger partial charge in [-0.15, -0.1) is 0 Å². The molecule has 0 aliphatic rings. The van der Waals surface area contributed by atoms with Crippen molar-refractivity contribution in [2.45, 2.75) is 6.92 Å². The Kier molecular flexibility index (Phi) is 6.78. The van der Waals surface area contributed by atoms with E-state index >= 15 is 0 Å². The lowest BCUT2D eigenvalue weighted by atomic mass is 10.2. The number of carbonyl (C=O) groups excluding carboxylic acids is 2. The zero-order valence-corrected chi connectivity index (χ0v) is 15.5. The minimum absolute atomic E-state index is 0.0967. The monoisotopic (exact) mass is 367 g/mol. The predicted octanol–water partition coefficient (Wildman–Crippen LogP) is 2.35. The quantitative estimate of drug-likeness (QED) is 0.811. The van der Waals surface area contributed by atoms with Gasteiger partial charge in [-0.05, 0) is 31.2 Å². The molecule has 140 valence electrons. The number of benzene rings is 2. The van der Waals surface area contributed by atoms with Gasteiger partial charge in [0.05, 0.1) is 25.3 Å². The molecule has 0 atom stereocenters. The van der Waals surface area contributed by atoms with Crippen LogP contribution in [0.25, 0.3) is 0 Å². The summed E-state index contributed by atoms with van der Waals surface area (Å²) in [6.07, 6.45) is 0. The minimum Gasteiger partial charge on any atom is -0.493 e. The highest BCUT2D eigenvalue weighted by Gasteiger charge is 2.15. The molecule has 0 radical (unpaired) electrons. The second-order valence-electron chi connectivity index (χ2n) is 5.93. The van der Waals surface area contributed by atoms with E-state index in [1.54, 1.807) is 24.3 Å². The first-order valence-corrected chi connectivity index (χ1v) is 8.24. The van der Waals surface area contributed by atoms with Gasteiger partial charge in [-0.25, -0.2) is 0 Å². The van der Waals surface area contributed by atoms with Gasteiger partial charge in [0.1, 0.15) is 0 Å². The summed E-state index contributed by atoms with van der Waals surface area (Å²) in [5, 5.41) is 11.6. The Hall–Kier alpha value is -3.53. The number of anilines is 1. The van der Waals surface area contributed by atoms with Crippen molar-refractivity contribution in [3.05, 3.63) is 53.6 Å². The standard InChI is InChI=1S/C20H21N3O4/c1-14-4-7-16(8-5-14)22-19(24)12-23(2)20(25)13-27-17-9-6-15(11-21)10-18(17)26-3/h4-10H,12-13H2,1-3H3,(H,22,24). The van der Waals surface area contributed by atoms with E-state index in [0.29, 0.717) is 22.7 Å². The number of carbonyl (C=O) groups is 2. The number of methoxy groups -OCH3 is 1. The molecule has 7 heteroatoms. The lowest BCUT2D eigenvalue weighted by molar-refractivity contribution is -0.135. The van der Waals surface area contributed by atoms with E-state index in [4.69, 9.17) is 14.7 Å². The van der Waals surface area contributed by atoms with E-state index in [2.05, 4.69) is 5.32 Å². The van der Waals surface area contributed by atoms with Crippen LogP contribution in [-0.2, 0) is 9.59 Å². The van der Waals surface area contributed by atoms with Gasteiger partial charge in [-0.2, -0.15) is 5.26 Å². The van der Waals surface area contributed by atoms with E-state index < -0.39 is 0 Å². The Morgan fingerprint density at radius 3 is 2.48 bits per heavy atom. The Morgan fingerprint density at radius 2 is 1.85 bits per heavy atom. The van der Waals surface area contributed by atoms with E-state index in [1.165, 1.54) is 25.1 Å². The van der Waals surface area contributed by atoms with Crippen LogP contribution in [0.4, 0.5) is 5.69 Å². The largest absolute Gasteiger partial charge is 0.493 e. The number of nitriles is 1. The third-order valence-corrected chi connectivity index (χ3v) is 3.79. The lowest BCUT2D eigenvalue weighted by Crippen LogP contribution is -2.37. The van der Waals surface area contributed by atoms with Crippen LogP contribution >= 0.6 is 0 Å². The smallest absolute Gasteiger partial charge is 0.260 e. The number of hydrogen-bond donors (Lipinski definition) is 1. The molecule has 7 nitrogen and oxygen atoms in total. The molecule has 0 heterocycles. The average molecular weight is 367 g/mol. The van der Waals surface area contributed by atoms with Gasteiger partial charge in [-0.3, -0.25) is 9.59 Å². The highest BCUT2D eigenvalue weighted by atomic mass is 16.5. The number of likely N-dealkylation sites (N-methyl/N-ethyl adjacent to an activating group) is 1. The summed E-state index contributed by atoms with van der Waals surface area (Å²) in [6.45, 7) is 1.61. The Balaban J connectivity index is 1.87. The predicted molar refractivity (Wildman–Crippen MR) is 101 cm³/mol. The summed E-state index contributed by atoms with van der Waals surface area (Å²) in [4.78, 5) is 25.5. The van der Waals surface area contributed by atoms with E-state index in [-0.39, 0.29) is 25.0 Å². The molecule has 2 aromatic carbocycles. The number of rotatable bonds is 7. The van der Waals surface area contributed by atoms with Crippen molar-refractivity contribution in [1.82, 2.24) is 4.90 Å². The zero-order valence-electron chi connectivity index (χ0n) is 15.5. The van der Waals surface area contributed by atoms with Crippen molar-refractivity contribution < 1.29 is 19.1 Å². The fourth-order valence-corrected chi connectivity index (χ4v) is 2.25. The van der Waals surface area contributed by atoms with Crippen molar-refractivity contribution in [2.75, 3.05) is 32.6 Å². The first kappa shape index (κ1) is 19.8. The van der Waals surface area contributed by atoms with Gasteiger partial charge < -0.3 is 19.7 Å². The minimum atomic E-state index is -0.361. The van der Waals surface area contributed by atoms with Crippen LogP contribution in [0.1, 0.15) is 11.1 Å². The van der Waals surface area contributed by atoms with Crippen molar-refractivity contribution in [3.63, 3.8) is 0 Å². The molecule has 0 fully saturated rings. The Morgan fingerprint density at radius 1 is 1.15 bits per heavy atom. The molecule has 2 rings (SSSR count). The molecule has 0 saturated carbocycles. The summed E-state index contributed by atoms with van der Waals surface area (Å²) in [7, 11) is 2.98. The van der Waals surface area contributed by atoms with Crippen molar-refractivity contribution in [3.8, 4) is 17.6 Å². The maximum Gasteiger partial charge on any atom is 0.260 e. The maximum atomic E-state index is 12.2. The lowest BCUT2D eigenvalue weighted by Gasteiger charge is -2.18. The van der Waals surface area contributed by atoms with Crippen LogP contribution in [0, 0.1) is 18.3 Å². The fourth-order valence-electron chi connectivity index (χ4n) is 2.25. The summed E-state index contributed by atoms with van der Waals surface area (Å²) in [5.74, 6) is 0.0510. The van der Waals surface area contributed by atoms with Gasteiger partial charge in [0.2, 0.25) is 5.91 Å². The maximum absolute atomic E-state index is 12.2. The Bertz CT molecular complexity index is 857. The number of hydrogen-bond acceptors (Lipinski definition) is 5. The topological polar surface area (TPSA) is 91.7 Å². The molecule has 2 aromatic rings. The van der Waals surface area contributed by atoms with Crippen LogP contribution < -0.4 is 14.8 Å². The molecule has 0 saturated heterocycles. The summed E-state index contributed by atoms with van der Waals surface area (Å²) >= 11 is 0. The molecule has 27 heavy (non-hydrogen) atoms. The van der Waals surface area contributed by atoms with Gasteiger partial charge in [0.25, 0.3) is 5.91 Å². The third-order valence-electron chi connectivity index (χ3n) is 3.79. The number of nitrogens with one attached hydrogen (secondary N) is 1. The van der Waals surface area contributed by atoms with Crippen LogP contribution in [0.3, 0.4) is 0 Å². The molecule has 0 unspecified atom stereocenters. The van der Waals surface area contributed by atoms with Crippen LogP contribution in [0.5, 0.6) is 11.5 Å². The number of nitrogens with zero attached hydrogens (tertiary/aromatic N) is 2. The van der Waals surface area contributed by atoms with Crippen molar-refractivity contribution >= 4 is 17.5 Å². The van der Waals surface area contributed by atoms with E-state index in [9.17, 15) is 9.59 Å². The highest BCUT2D eigenvalue weighted by Crippen LogP contribution is 2.27. The third kappa shape index (κ3) is 5.75. The van der Waals surface area contributed by atoms with Gasteiger partial charge >= 0.3 is 0 Å². The summed E-state index contributed by atoms with van der Waals surface area (Å²) in [5.41, 5.74) is 2.19. The van der Waals surface area contributed by atoms with E-state index in [0.717, 1.165) is 5.56 Å². The first-order valence-electron chi connectivity index (χ1n) is 8.24. The molecule has 0 aliphatic carbocycles. The van der Waals surface area contributed by atoms with Gasteiger partial charge in [0, 0.05) is 18.8 Å². The first-order chi connectivity index (χ1) is 12.9. The molecule has 1 N–H and O–H groups in total. The molecule has 2 amide bonds. The highest BCUT2D eigenvalue weighted by molar-refractivity contribution is 5.94. The number of ether oxygens (including phenoxy) is 2. The fraction of sp³-hybridized carbons (Fsp3) is 0.250. The summed E-state index contributed by atoms with van der Waals surface area (Å²) in [6, 6.07) is 14.0. The SMILES string of the molecule is COc1cc(C#N)ccc1OCC(=O)N(C)CC(=O)Nc1ccc(C)cc1. The van der Waals surface area contributed by atoms with Crippen LogP contribution in [-0.4, -0.2) is 44.0 Å². The molecular formula is C20H21N3O4. The molecule has 0 aliphatic heterocycles. The molecule has 0 aromatic heterocycles. The zero-order chi connectivity index (χ0) is 19.8. The second-order valence-corrected chi connectivity index (χ2v) is 5.93.